The Kier molecular flexibility index (Phi) is 6.20. The summed E-state index contributed by atoms with van der Waals surface area (Å²) in [4.78, 5) is 34.2. The molecule has 0 atom stereocenters. The van der Waals surface area contributed by atoms with Gasteiger partial charge in [0.2, 0.25) is 5.91 Å². The smallest absolute Gasteiger partial charge is 0.282 e. The molecule has 0 bridgehead atoms. The number of rotatable bonds is 7. The molecule has 9 heteroatoms. The summed E-state index contributed by atoms with van der Waals surface area (Å²) in [6.45, 7) is 1.19. The standard InChI is InChI=1S/C22H27N5O4/c1-30-16-8-7-15(12-17(16)31-2)9-10-23-19(28)13-26-14-24-21-20(22(26)29)25-18-6-4-3-5-11-27(18)21/h7-8,12,14H,3-6,9-11,13H2,1-2H3,(H,23,28). The van der Waals surface area contributed by atoms with Crippen molar-refractivity contribution in [3.05, 3.63) is 46.3 Å². The Morgan fingerprint density at radius 2 is 2.00 bits per heavy atom. The van der Waals surface area contributed by atoms with Gasteiger partial charge in [-0.15, -0.1) is 0 Å². The van der Waals surface area contributed by atoms with Gasteiger partial charge in [-0.1, -0.05) is 12.5 Å². The van der Waals surface area contributed by atoms with Crippen LogP contribution in [-0.4, -0.2) is 45.8 Å². The molecule has 0 saturated heterocycles. The number of fused-ring (bicyclic) bond motifs is 3. The summed E-state index contributed by atoms with van der Waals surface area (Å²) in [5.41, 5.74) is 1.70. The van der Waals surface area contributed by atoms with E-state index in [1.165, 1.54) is 10.9 Å². The van der Waals surface area contributed by atoms with Crippen molar-refractivity contribution in [3.8, 4) is 11.5 Å². The third-order valence-corrected chi connectivity index (χ3v) is 5.58. The molecule has 0 radical (unpaired) electrons. The number of hydrogen-bond acceptors (Lipinski definition) is 6. The molecule has 0 aliphatic carbocycles. The fourth-order valence-electron chi connectivity index (χ4n) is 3.94. The molecule has 0 fully saturated rings. The van der Waals surface area contributed by atoms with Crippen LogP contribution in [0.1, 0.15) is 30.7 Å². The topological polar surface area (TPSA) is 100 Å². The van der Waals surface area contributed by atoms with Gasteiger partial charge in [-0.3, -0.25) is 14.2 Å². The van der Waals surface area contributed by atoms with Crippen LogP contribution in [0.3, 0.4) is 0 Å². The lowest BCUT2D eigenvalue weighted by Crippen LogP contribution is -2.33. The van der Waals surface area contributed by atoms with E-state index in [0.29, 0.717) is 35.6 Å². The zero-order valence-corrected chi connectivity index (χ0v) is 17.9. The predicted molar refractivity (Wildman–Crippen MR) is 116 cm³/mol. The first-order valence-electron chi connectivity index (χ1n) is 10.5. The molecule has 2 aromatic heterocycles. The number of amides is 1. The number of carbonyl (C=O) groups is 1. The largest absolute Gasteiger partial charge is 0.493 e. The second-order valence-corrected chi connectivity index (χ2v) is 7.63. The van der Waals surface area contributed by atoms with Crippen molar-refractivity contribution in [1.82, 2.24) is 24.4 Å². The van der Waals surface area contributed by atoms with Gasteiger partial charge < -0.3 is 19.4 Å². The predicted octanol–water partition coefficient (Wildman–Crippen LogP) is 1.70. The van der Waals surface area contributed by atoms with Gasteiger partial charge in [0.1, 0.15) is 18.7 Å². The molecule has 3 aromatic rings. The average molecular weight is 425 g/mol. The van der Waals surface area contributed by atoms with Crippen LogP contribution in [0, 0.1) is 0 Å². The number of aromatic nitrogens is 4. The Morgan fingerprint density at radius 3 is 2.81 bits per heavy atom. The fraction of sp³-hybridized carbons (Fsp3) is 0.455. The molecule has 1 aliphatic heterocycles. The van der Waals surface area contributed by atoms with Crippen LogP contribution in [0.15, 0.2) is 29.3 Å². The van der Waals surface area contributed by atoms with Crippen molar-refractivity contribution in [2.45, 2.75) is 45.2 Å². The van der Waals surface area contributed by atoms with Crippen molar-refractivity contribution < 1.29 is 14.3 Å². The number of nitrogens with zero attached hydrogens (tertiary/aromatic N) is 4. The minimum atomic E-state index is -0.277. The number of ether oxygens (including phenoxy) is 2. The van der Waals surface area contributed by atoms with Gasteiger partial charge in [-0.25, -0.2) is 9.97 Å². The molecule has 1 aromatic carbocycles. The number of carbonyl (C=O) groups excluding carboxylic acids is 1. The van der Waals surface area contributed by atoms with Gasteiger partial charge in [-0.2, -0.15) is 0 Å². The third-order valence-electron chi connectivity index (χ3n) is 5.58. The highest BCUT2D eigenvalue weighted by Gasteiger charge is 2.18. The van der Waals surface area contributed by atoms with Gasteiger partial charge in [-0.05, 0) is 37.0 Å². The quantitative estimate of drug-likeness (QED) is 0.618. The number of imidazole rings is 1. The van der Waals surface area contributed by atoms with Crippen LogP contribution in [0.25, 0.3) is 11.2 Å². The van der Waals surface area contributed by atoms with E-state index in [1.807, 2.05) is 22.8 Å². The van der Waals surface area contributed by atoms with Crippen molar-refractivity contribution in [3.63, 3.8) is 0 Å². The lowest BCUT2D eigenvalue weighted by Gasteiger charge is -2.10. The second kappa shape index (κ2) is 9.20. The van der Waals surface area contributed by atoms with Crippen molar-refractivity contribution in [1.29, 1.82) is 0 Å². The van der Waals surface area contributed by atoms with Crippen molar-refractivity contribution in [2.75, 3.05) is 20.8 Å². The number of methoxy groups -OCH3 is 2. The molecule has 1 aliphatic rings. The molecule has 0 unspecified atom stereocenters. The highest BCUT2D eigenvalue weighted by molar-refractivity contribution is 5.76. The number of aryl methyl sites for hydroxylation is 2. The van der Waals surface area contributed by atoms with E-state index < -0.39 is 0 Å². The monoisotopic (exact) mass is 425 g/mol. The summed E-state index contributed by atoms with van der Waals surface area (Å²) in [5, 5.41) is 2.85. The minimum absolute atomic E-state index is 0.0874. The van der Waals surface area contributed by atoms with E-state index in [-0.39, 0.29) is 18.0 Å². The van der Waals surface area contributed by atoms with Crippen LogP contribution < -0.4 is 20.3 Å². The van der Waals surface area contributed by atoms with Crippen LogP contribution >= 0.6 is 0 Å². The van der Waals surface area contributed by atoms with E-state index in [4.69, 9.17) is 9.47 Å². The Morgan fingerprint density at radius 1 is 1.16 bits per heavy atom. The van der Waals surface area contributed by atoms with Gasteiger partial charge in [0.25, 0.3) is 5.56 Å². The Bertz CT molecular complexity index is 1150. The van der Waals surface area contributed by atoms with E-state index in [1.54, 1.807) is 14.2 Å². The van der Waals surface area contributed by atoms with Gasteiger partial charge >= 0.3 is 0 Å². The summed E-state index contributed by atoms with van der Waals surface area (Å²) in [6, 6.07) is 5.65. The first-order valence-corrected chi connectivity index (χ1v) is 10.5. The molecule has 9 nitrogen and oxygen atoms in total. The highest BCUT2D eigenvalue weighted by atomic mass is 16.5. The molecule has 164 valence electrons. The second-order valence-electron chi connectivity index (χ2n) is 7.63. The van der Waals surface area contributed by atoms with E-state index >= 15 is 0 Å². The molecule has 1 N–H and O–H groups in total. The first kappa shape index (κ1) is 20.9. The van der Waals surface area contributed by atoms with E-state index in [9.17, 15) is 9.59 Å². The van der Waals surface area contributed by atoms with Crippen LogP contribution in [0.2, 0.25) is 0 Å². The van der Waals surface area contributed by atoms with Crippen molar-refractivity contribution >= 4 is 17.1 Å². The summed E-state index contributed by atoms with van der Waals surface area (Å²) < 4.78 is 13.9. The molecule has 1 amide bonds. The minimum Gasteiger partial charge on any atom is -0.493 e. The molecule has 0 saturated carbocycles. The number of nitrogens with one attached hydrogen (secondary N) is 1. The highest BCUT2D eigenvalue weighted by Crippen LogP contribution is 2.27. The van der Waals surface area contributed by atoms with Gasteiger partial charge in [0.15, 0.2) is 22.7 Å². The molecular weight excluding hydrogens is 398 g/mol. The molecular formula is C22H27N5O4. The van der Waals surface area contributed by atoms with Crippen LogP contribution in [0.4, 0.5) is 0 Å². The summed E-state index contributed by atoms with van der Waals surface area (Å²) in [5.74, 6) is 1.98. The third kappa shape index (κ3) is 4.40. The number of benzene rings is 1. The number of hydrogen-bond donors (Lipinski definition) is 1. The summed E-state index contributed by atoms with van der Waals surface area (Å²) >= 11 is 0. The Hall–Kier alpha value is -3.36. The molecule has 3 heterocycles. The normalized spacial score (nSPS) is 13.5. The molecule has 4 rings (SSSR count). The molecule has 31 heavy (non-hydrogen) atoms. The maximum atomic E-state index is 12.8. The van der Waals surface area contributed by atoms with E-state index in [2.05, 4.69) is 15.3 Å². The van der Waals surface area contributed by atoms with Crippen LogP contribution in [0.5, 0.6) is 11.5 Å². The maximum absolute atomic E-state index is 12.8. The average Bonchev–Trinajstić information content (AvgIpc) is 2.97. The van der Waals surface area contributed by atoms with Crippen LogP contribution in [-0.2, 0) is 30.7 Å². The lowest BCUT2D eigenvalue weighted by atomic mass is 10.1. The van der Waals surface area contributed by atoms with Gasteiger partial charge in [0, 0.05) is 19.5 Å². The Balaban J connectivity index is 1.40. The summed E-state index contributed by atoms with van der Waals surface area (Å²) in [6.07, 6.45) is 6.22. The van der Waals surface area contributed by atoms with Crippen molar-refractivity contribution in [2.24, 2.45) is 0 Å². The summed E-state index contributed by atoms with van der Waals surface area (Å²) in [7, 11) is 3.18. The lowest BCUT2D eigenvalue weighted by molar-refractivity contribution is -0.121. The zero-order chi connectivity index (χ0) is 21.8. The first-order chi connectivity index (χ1) is 15.1. The Labute approximate surface area is 180 Å². The zero-order valence-electron chi connectivity index (χ0n) is 17.9. The SMILES string of the molecule is COc1ccc(CCNC(=O)Cn2cnc3c(nc4n3CCCCC4)c2=O)cc1OC. The maximum Gasteiger partial charge on any atom is 0.282 e. The van der Waals surface area contributed by atoms with E-state index in [0.717, 1.165) is 43.6 Å². The van der Waals surface area contributed by atoms with Gasteiger partial charge in [0.05, 0.1) is 14.2 Å². The fourth-order valence-corrected chi connectivity index (χ4v) is 3.94. The molecule has 0 spiro atoms.